The molecule has 37 heavy (non-hydrogen) atoms. The summed E-state index contributed by atoms with van der Waals surface area (Å²) in [6.45, 7) is 6.05. The van der Waals surface area contributed by atoms with Gasteiger partial charge in [0.25, 0.3) is 11.8 Å². The molecule has 1 aliphatic rings. The summed E-state index contributed by atoms with van der Waals surface area (Å²) < 4.78 is 13.1. The molecule has 0 saturated carbocycles. The van der Waals surface area contributed by atoms with Crippen molar-refractivity contribution in [3.05, 3.63) is 81.8 Å². The molecule has 0 aliphatic carbocycles. The largest absolute Gasteiger partial charge is 0.367 e. The van der Waals surface area contributed by atoms with E-state index in [1.54, 1.807) is 30.3 Å². The third-order valence-electron chi connectivity index (χ3n) is 6.48. The second-order valence-electron chi connectivity index (χ2n) is 9.46. The zero-order valence-electron chi connectivity index (χ0n) is 21.4. The monoisotopic (exact) mass is 523 g/mol. The highest BCUT2D eigenvalue weighted by molar-refractivity contribution is 7.08. The second kappa shape index (κ2) is 12.8. The third kappa shape index (κ3) is 7.61. The van der Waals surface area contributed by atoms with E-state index >= 15 is 0 Å². The van der Waals surface area contributed by atoms with Gasteiger partial charge in [0.1, 0.15) is 5.82 Å². The number of benzene rings is 2. The molecule has 3 aromatic rings. The lowest BCUT2D eigenvalue weighted by molar-refractivity contribution is 0.0952. The first-order valence-electron chi connectivity index (χ1n) is 12.5. The molecule has 2 amide bonds. The Morgan fingerprint density at radius 2 is 1.73 bits per heavy atom. The summed E-state index contributed by atoms with van der Waals surface area (Å²) in [6, 6.07) is 13.5. The number of amides is 2. The van der Waals surface area contributed by atoms with Crippen LogP contribution in [-0.2, 0) is 6.42 Å². The Kier molecular flexibility index (Phi) is 9.27. The number of carbonyl (C=O) groups is 2. The topological polar surface area (TPSA) is 67.9 Å². The third-order valence-corrected chi connectivity index (χ3v) is 7.16. The van der Waals surface area contributed by atoms with Crippen LogP contribution in [0.5, 0.6) is 0 Å². The quantitative estimate of drug-likeness (QED) is 0.423. The van der Waals surface area contributed by atoms with Crippen LogP contribution in [-0.4, -0.2) is 81.5 Å². The van der Waals surface area contributed by atoms with Crippen molar-refractivity contribution >= 4 is 34.5 Å². The summed E-state index contributed by atoms with van der Waals surface area (Å²) in [5.41, 5.74) is 3.57. The molecule has 2 N–H and O–H groups in total. The van der Waals surface area contributed by atoms with Gasteiger partial charge in [-0.15, -0.1) is 0 Å². The van der Waals surface area contributed by atoms with Crippen LogP contribution in [0.2, 0.25) is 0 Å². The lowest BCUT2D eigenvalue weighted by atomic mass is 10.1. The Hall–Kier alpha value is -3.27. The molecule has 1 saturated heterocycles. The Labute approximate surface area is 221 Å². The van der Waals surface area contributed by atoms with Gasteiger partial charge in [-0.25, -0.2) is 4.39 Å². The van der Waals surface area contributed by atoms with Crippen molar-refractivity contribution in [1.82, 2.24) is 15.1 Å². The van der Waals surface area contributed by atoms with Gasteiger partial charge in [0.15, 0.2) is 0 Å². The highest BCUT2D eigenvalue weighted by atomic mass is 32.1. The fourth-order valence-corrected chi connectivity index (χ4v) is 4.90. The van der Waals surface area contributed by atoms with E-state index in [1.807, 2.05) is 16.8 Å². The SMILES string of the molecule is CN(C)CCN1CCN(c2ccc(C(=O)NCCc3ccc(F)cc3)cc2NC(=O)c2ccsc2)CC1. The molecular weight excluding hydrogens is 489 g/mol. The second-order valence-corrected chi connectivity index (χ2v) is 10.2. The smallest absolute Gasteiger partial charge is 0.256 e. The lowest BCUT2D eigenvalue weighted by Gasteiger charge is -2.37. The molecule has 0 unspecified atom stereocenters. The molecular formula is C28H34FN5O2S. The molecule has 7 nitrogen and oxygen atoms in total. The molecule has 9 heteroatoms. The summed E-state index contributed by atoms with van der Waals surface area (Å²) in [5.74, 6) is -0.686. The molecule has 196 valence electrons. The zero-order valence-corrected chi connectivity index (χ0v) is 22.2. The maximum Gasteiger partial charge on any atom is 0.256 e. The molecule has 1 aliphatic heterocycles. The maximum absolute atomic E-state index is 13.1. The van der Waals surface area contributed by atoms with Crippen molar-refractivity contribution < 1.29 is 14.0 Å². The van der Waals surface area contributed by atoms with Gasteiger partial charge in [0.2, 0.25) is 0 Å². The normalized spacial score (nSPS) is 14.1. The molecule has 1 fully saturated rings. The molecule has 0 bridgehead atoms. The molecule has 0 spiro atoms. The van der Waals surface area contributed by atoms with Crippen LogP contribution < -0.4 is 15.5 Å². The minimum absolute atomic E-state index is 0.194. The number of hydrogen-bond acceptors (Lipinski definition) is 6. The first kappa shape index (κ1) is 26.8. The van der Waals surface area contributed by atoms with Gasteiger partial charge in [-0.3, -0.25) is 14.5 Å². The number of hydrogen-bond donors (Lipinski definition) is 2. The summed E-state index contributed by atoms with van der Waals surface area (Å²) in [7, 11) is 4.17. The number of halogens is 1. The van der Waals surface area contributed by atoms with Gasteiger partial charge in [0, 0.05) is 56.8 Å². The lowest BCUT2D eigenvalue weighted by Crippen LogP contribution is -2.48. The van der Waals surface area contributed by atoms with Gasteiger partial charge < -0.3 is 20.4 Å². The van der Waals surface area contributed by atoms with Crippen molar-refractivity contribution in [1.29, 1.82) is 0 Å². The predicted molar refractivity (Wildman–Crippen MR) is 148 cm³/mol. The summed E-state index contributed by atoms with van der Waals surface area (Å²) in [5, 5.41) is 9.64. The molecule has 2 heterocycles. The highest BCUT2D eigenvalue weighted by Gasteiger charge is 2.21. The van der Waals surface area contributed by atoms with Crippen molar-refractivity contribution in [3.63, 3.8) is 0 Å². The van der Waals surface area contributed by atoms with Crippen molar-refractivity contribution in [3.8, 4) is 0 Å². The van der Waals surface area contributed by atoms with E-state index in [1.165, 1.54) is 23.5 Å². The van der Waals surface area contributed by atoms with Crippen LogP contribution in [0.1, 0.15) is 26.3 Å². The molecule has 1 aromatic heterocycles. The van der Waals surface area contributed by atoms with Crippen LogP contribution in [0.15, 0.2) is 59.3 Å². The van der Waals surface area contributed by atoms with Crippen LogP contribution in [0.25, 0.3) is 0 Å². The minimum Gasteiger partial charge on any atom is -0.367 e. The Bertz CT molecular complexity index is 1180. The van der Waals surface area contributed by atoms with Crippen LogP contribution in [0, 0.1) is 5.82 Å². The van der Waals surface area contributed by atoms with Gasteiger partial charge in [-0.05, 0) is 67.9 Å². The highest BCUT2D eigenvalue weighted by Crippen LogP contribution is 2.29. The van der Waals surface area contributed by atoms with Crippen molar-refractivity contribution in [2.24, 2.45) is 0 Å². The average molecular weight is 524 g/mol. The van der Waals surface area contributed by atoms with Crippen molar-refractivity contribution in [2.45, 2.75) is 6.42 Å². The fraction of sp³-hybridized carbons (Fsp3) is 0.357. The Morgan fingerprint density at radius 1 is 0.973 bits per heavy atom. The van der Waals surface area contributed by atoms with Crippen LogP contribution >= 0.6 is 11.3 Å². The maximum atomic E-state index is 13.1. The van der Waals surface area contributed by atoms with Gasteiger partial charge >= 0.3 is 0 Å². The number of piperazine rings is 1. The summed E-state index contributed by atoms with van der Waals surface area (Å²) >= 11 is 1.47. The Morgan fingerprint density at radius 3 is 2.41 bits per heavy atom. The van der Waals surface area contributed by atoms with E-state index in [4.69, 9.17) is 0 Å². The van der Waals surface area contributed by atoms with E-state index in [9.17, 15) is 14.0 Å². The first-order chi connectivity index (χ1) is 17.9. The zero-order chi connectivity index (χ0) is 26.2. The van der Waals surface area contributed by atoms with Crippen molar-refractivity contribution in [2.75, 3.05) is 70.1 Å². The fourth-order valence-electron chi connectivity index (χ4n) is 4.27. The van der Waals surface area contributed by atoms with E-state index in [-0.39, 0.29) is 17.6 Å². The van der Waals surface area contributed by atoms with Crippen LogP contribution in [0.4, 0.5) is 15.8 Å². The molecule has 0 radical (unpaired) electrons. The van der Waals surface area contributed by atoms with Gasteiger partial charge in [-0.1, -0.05) is 12.1 Å². The number of nitrogens with zero attached hydrogens (tertiary/aromatic N) is 3. The summed E-state index contributed by atoms with van der Waals surface area (Å²) in [4.78, 5) is 32.7. The molecule has 0 atom stereocenters. The Balaban J connectivity index is 1.45. The summed E-state index contributed by atoms with van der Waals surface area (Å²) in [6.07, 6.45) is 0.601. The van der Waals surface area contributed by atoms with Gasteiger partial charge in [0.05, 0.1) is 16.9 Å². The van der Waals surface area contributed by atoms with E-state index in [0.29, 0.717) is 29.8 Å². The van der Waals surface area contributed by atoms with E-state index in [2.05, 4.69) is 39.4 Å². The number of nitrogens with one attached hydrogen (secondary N) is 2. The molecule has 4 rings (SSSR count). The predicted octanol–water partition coefficient (Wildman–Crippen LogP) is 3.80. The number of rotatable bonds is 10. The number of likely N-dealkylation sites (N-methyl/N-ethyl adjacent to an activating group) is 1. The number of carbonyl (C=O) groups excluding carboxylic acids is 2. The first-order valence-corrected chi connectivity index (χ1v) is 13.5. The van der Waals surface area contributed by atoms with Gasteiger partial charge in [-0.2, -0.15) is 11.3 Å². The standard InChI is InChI=1S/C28H34FN5O2S/c1-32(2)12-13-33-14-16-34(17-15-33)26-8-5-22(19-25(26)31-28(36)23-10-18-37-20-23)27(35)30-11-9-21-3-6-24(29)7-4-21/h3-8,10,18-20H,9,11-17H2,1-2H3,(H,30,35)(H,31,36). The molecule has 2 aromatic carbocycles. The average Bonchev–Trinajstić information content (AvgIpc) is 3.44. The van der Waals surface area contributed by atoms with E-state index in [0.717, 1.165) is 50.5 Å². The number of thiophene rings is 1. The number of anilines is 2. The van der Waals surface area contributed by atoms with Crippen LogP contribution in [0.3, 0.4) is 0 Å². The minimum atomic E-state index is -0.278. The van der Waals surface area contributed by atoms with E-state index < -0.39 is 0 Å².